The van der Waals surface area contributed by atoms with Crippen LogP contribution in [0.3, 0.4) is 0 Å². The maximum absolute atomic E-state index is 12.9. The van der Waals surface area contributed by atoms with Crippen molar-refractivity contribution >= 4 is 15.9 Å². The predicted octanol–water partition coefficient (Wildman–Crippen LogP) is 3.02. The molecule has 1 aliphatic carbocycles. The quantitative estimate of drug-likeness (QED) is 0.668. The number of nitrogens with zero attached hydrogens (tertiary/aromatic N) is 3. The summed E-state index contributed by atoms with van der Waals surface area (Å²) >= 11 is 0. The molecule has 32 heavy (non-hydrogen) atoms. The summed E-state index contributed by atoms with van der Waals surface area (Å²) in [6.45, 7) is 1.60. The van der Waals surface area contributed by atoms with E-state index in [1.54, 1.807) is 35.0 Å². The Bertz CT molecular complexity index is 1080. The van der Waals surface area contributed by atoms with Crippen LogP contribution < -0.4 is 5.49 Å². The van der Waals surface area contributed by atoms with Gasteiger partial charge in [0.05, 0.1) is 24.2 Å². The number of rotatable bonds is 6. The minimum absolute atomic E-state index is 0.00910. The Labute approximate surface area is 189 Å². The summed E-state index contributed by atoms with van der Waals surface area (Å²) in [5, 5.41) is 0. The summed E-state index contributed by atoms with van der Waals surface area (Å²) in [5.74, 6) is -0.00910. The molecular weight excluding hydrogens is 426 g/mol. The van der Waals surface area contributed by atoms with Crippen LogP contribution in [0.4, 0.5) is 0 Å². The largest absolute Gasteiger partial charge is 0.379 e. The van der Waals surface area contributed by atoms with Crippen LogP contribution in [0.2, 0.25) is 0 Å². The van der Waals surface area contributed by atoms with E-state index in [4.69, 9.17) is 9.73 Å². The van der Waals surface area contributed by atoms with Crippen molar-refractivity contribution in [3.63, 3.8) is 0 Å². The summed E-state index contributed by atoms with van der Waals surface area (Å²) in [6, 6.07) is 12.8. The summed E-state index contributed by atoms with van der Waals surface area (Å²) in [7, 11) is -3.50. The lowest BCUT2D eigenvalue weighted by molar-refractivity contribution is 0.0730. The Morgan fingerprint density at radius 3 is 2.44 bits per heavy atom. The van der Waals surface area contributed by atoms with E-state index in [1.165, 1.54) is 23.6 Å². The molecule has 0 radical (unpaired) electrons. The zero-order valence-corrected chi connectivity index (χ0v) is 19.2. The fraction of sp³-hybridized carbons (Fsp3) is 0.500. The SMILES string of the molecule is O=C(CCc1ccc(S(=O)(=O)N2CCOCC2)cc1)n1ccccc1=NC1CCCCC1. The molecule has 1 saturated carbocycles. The van der Waals surface area contributed by atoms with Gasteiger partial charge in [0, 0.05) is 25.7 Å². The second kappa shape index (κ2) is 10.6. The van der Waals surface area contributed by atoms with Gasteiger partial charge >= 0.3 is 0 Å². The van der Waals surface area contributed by atoms with Gasteiger partial charge in [0.15, 0.2) is 0 Å². The van der Waals surface area contributed by atoms with Crippen molar-refractivity contribution in [2.24, 2.45) is 4.99 Å². The fourth-order valence-electron chi connectivity index (χ4n) is 4.28. The van der Waals surface area contributed by atoms with Crippen molar-refractivity contribution in [1.29, 1.82) is 0 Å². The van der Waals surface area contributed by atoms with Gasteiger partial charge in [-0.3, -0.25) is 14.4 Å². The van der Waals surface area contributed by atoms with Gasteiger partial charge in [0.25, 0.3) is 0 Å². The molecule has 0 unspecified atom stereocenters. The van der Waals surface area contributed by atoms with E-state index < -0.39 is 10.0 Å². The third-order valence-corrected chi connectivity index (χ3v) is 8.07. The standard InChI is InChI=1S/C24H31N3O4S/c28-24(27-15-5-4-8-23(27)25-21-6-2-1-3-7-21)14-11-20-9-12-22(13-10-20)32(29,30)26-16-18-31-19-17-26/h4-5,8-10,12-13,15,21H,1-3,6-7,11,14,16-19H2. The van der Waals surface area contributed by atoms with Gasteiger partial charge in [-0.1, -0.05) is 37.5 Å². The predicted molar refractivity (Wildman–Crippen MR) is 122 cm³/mol. The van der Waals surface area contributed by atoms with Crippen molar-refractivity contribution in [3.05, 3.63) is 59.7 Å². The van der Waals surface area contributed by atoms with Crippen molar-refractivity contribution in [3.8, 4) is 0 Å². The highest BCUT2D eigenvalue weighted by molar-refractivity contribution is 7.89. The number of aromatic nitrogens is 1. The molecule has 172 valence electrons. The lowest BCUT2D eigenvalue weighted by Gasteiger charge is -2.26. The van der Waals surface area contributed by atoms with Crippen LogP contribution in [-0.4, -0.2) is 55.5 Å². The van der Waals surface area contributed by atoms with E-state index in [1.807, 2.05) is 18.2 Å². The molecule has 0 spiro atoms. The second-order valence-corrected chi connectivity index (χ2v) is 10.3. The number of ether oxygens (including phenoxy) is 1. The Kier molecular flexibility index (Phi) is 7.55. The molecule has 2 aromatic rings. The molecule has 1 aromatic carbocycles. The normalized spacial score (nSPS) is 19.2. The molecule has 0 N–H and O–H groups in total. The van der Waals surface area contributed by atoms with Gasteiger partial charge in [-0.05, 0) is 49.1 Å². The van der Waals surface area contributed by atoms with E-state index in [2.05, 4.69) is 0 Å². The number of carbonyl (C=O) groups is 1. The average molecular weight is 458 g/mol. The van der Waals surface area contributed by atoms with Crippen LogP contribution in [0.15, 0.2) is 58.5 Å². The second-order valence-electron chi connectivity index (χ2n) is 8.40. The smallest absolute Gasteiger partial charge is 0.243 e. The van der Waals surface area contributed by atoms with E-state index >= 15 is 0 Å². The monoisotopic (exact) mass is 457 g/mol. The lowest BCUT2D eigenvalue weighted by Crippen LogP contribution is -2.40. The van der Waals surface area contributed by atoms with Crippen LogP contribution in [-0.2, 0) is 21.2 Å². The Morgan fingerprint density at radius 2 is 1.72 bits per heavy atom. The number of morpholine rings is 1. The highest BCUT2D eigenvalue weighted by Crippen LogP contribution is 2.20. The number of hydrogen-bond acceptors (Lipinski definition) is 5. The maximum atomic E-state index is 12.9. The van der Waals surface area contributed by atoms with E-state index in [-0.39, 0.29) is 10.8 Å². The third-order valence-electron chi connectivity index (χ3n) is 6.16. The van der Waals surface area contributed by atoms with Gasteiger partial charge in [0.1, 0.15) is 5.49 Å². The van der Waals surface area contributed by atoms with Crippen LogP contribution in [0, 0.1) is 0 Å². The molecule has 0 bridgehead atoms. The van der Waals surface area contributed by atoms with Crippen molar-refractivity contribution < 1.29 is 17.9 Å². The topological polar surface area (TPSA) is 81.0 Å². The number of benzene rings is 1. The van der Waals surface area contributed by atoms with Gasteiger partial charge in [-0.2, -0.15) is 4.31 Å². The molecular formula is C24H31N3O4S. The van der Waals surface area contributed by atoms with Gasteiger partial charge in [-0.15, -0.1) is 0 Å². The molecule has 1 aromatic heterocycles. The van der Waals surface area contributed by atoms with Gasteiger partial charge in [-0.25, -0.2) is 8.42 Å². The van der Waals surface area contributed by atoms with E-state index in [0.29, 0.717) is 45.2 Å². The molecule has 0 atom stereocenters. The van der Waals surface area contributed by atoms with Crippen molar-refractivity contribution in [2.45, 2.75) is 55.9 Å². The van der Waals surface area contributed by atoms with Crippen LogP contribution in [0.1, 0.15) is 48.9 Å². The molecule has 0 amide bonds. The van der Waals surface area contributed by atoms with Crippen molar-refractivity contribution in [1.82, 2.24) is 8.87 Å². The Balaban J connectivity index is 1.41. The Morgan fingerprint density at radius 1 is 1.00 bits per heavy atom. The third kappa shape index (κ3) is 5.54. The zero-order valence-electron chi connectivity index (χ0n) is 18.4. The zero-order chi connectivity index (χ0) is 22.4. The summed E-state index contributed by atoms with van der Waals surface area (Å²) < 4.78 is 33.9. The fourth-order valence-corrected chi connectivity index (χ4v) is 5.69. The number of carbonyl (C=O) groups excluding carboxylic acids is 1. The minimum Gasteiger partial charge on any atom is -0.379 e. The average Bonchev–Trinajstić information content (AvgIpc) is 2.84. The maximum Gasteiger partial charge on any atom is 0.243 e. The minimum atomic E-state index is -3.50. The number of aryl methyl sites for hydroxylation is 1. The lowest BCUT2D eigenvalue weighted by atomic mass is 9.96. The molecule has 2 fully saturated rings. The summed E-state index contributed by atoms with van der Waals surface area (Å²) in [6.07, 6.45) is 8.50. The summed E-state index contributed by atoms with van der Waals surface area (Å²) in [4.78, 5) is 18.0. The van der Waals surface area contributed by atoms with Crippen molar-refractivity contribution in [2.75, 3.05) is 26.3 Å². The number of pyridine rings is 1. The number of sulfonamides is 1. The summed E-state index contributed by atoms with van der Waals surface area (Å²) in [5.41, 5.74) is 1.65. The first-order valence-electron chi connectivity index (χ1n) is 11.5. The van der Waals surface area contributed by atoms with Gasteiger partial charge < -0.3 is 4.74 Å². The van der Waals surface area contributed by atoms with E-state index in [9.17, 15) is 13.2 Å². The molecule has 2 heterocycles. The van der Waals surface area contributed by atoms with Gasteiger partial charge in [0.2, 0.25) is 15.9 Å². The first-order chi connectivity index (χ1) is 15.5. The molecule has 8 heteroatoms. The highest BCUT2D eigenvalue weighted by Gasteiger charge is 2.26. The highest BCUT2D eigenvalue weighted by atomic mass is 32.2. The number of hydrogen-bond donors (Lipinski definition) is 0. The first-order valence-corrected chi connectivity index (χ1v) is 12.9. The Hall–Kier alpha value is -2.29. The van der Waals surface area contributed by atoms with Crippen LogP contribution in [0.5, 0.6) is 0 Å². The molecule has 4 rings (SSSR count). The molecule has 2 aliphatic rings. The van der Waals surface area contributed by atoms with Crippen LogP contribution in [0.25, 0.3) is 0 Å². The van der Waals surface area contributed by atoms with Crippen LogP contribution >= 0.6 is 0 Å². The molecule has 7 nitrogen and oxygen atoms in total. The molecule has 1 saturated heterocycles. The molecule has 1 aliphatic heterocycles. The van der Waals surface area contributed by atoms with E-state index in [0.717, 1.165) is 23.9 Å². The first kappa shape index (κ1) is 22.9.